The van der Waals surface area contributed by atoms with E-state index in [1.54, 1.807) is 7.11 Å². The molecule has 14 heavy (non-hydrogen) atoms. The first kappa shape index (κ1) is 14.3. The molecular formula is C11H25NOS. The molecule has 3 heteroatoms. The van der Waals surface area contributed by atoms with Gasteiger partial charge in [0.1, 0.15) is 0 Å². The molecule has 0 fully saturated rings. The molecule has 0 heterocycles. The van der Waals surface area contributed by atoms with Crippen molar-refractivity contribution in [2.45, 2.75) is 38.6 Å². The third-order valence-electron chi connectivity index (χ3n) is 2.58. The molecule has 0 rings (SSSR count). The van der Waals surface area contributed by atoms with Crippen LogP contribution in [0.25, 0.3) is 0 Å². The molecule has 0 saturated heterocycles. The molecule has 0 amide bonds. The number of methoxy groups -OCH3 is 1. The maximum Gasteiger partial charge on any atom is 0.0615 e. The van der Waals surface area contributed by atoms with Crippen molar-refractivity contribution >= 4 is 12.6 Å². The van der Waals surface area contributed by atoms with Crippen LogP contribution in [0, 0.1) is 0 Å². The molecule has 0 N–H and O–H groups in total. The average molecular weight is 219 g/mol. The van der Waals surface area contributed by atoms with Crippen LogP contribution < -0.4 is 0 Å². The molecular weight excluding hydrogens is 194 g/mol. The van der Waals surface area contributed by atoms with Crippen molar-refractivity contribution in [3.05, 3.63) is 0 Å². The molecule has 0 bridgehead atoms. The van der Waals surface area contributed by atoms with E-state index in [0.29, 0.717) is 6.04 Å². The van der Waals surface area contributed by atoms with E-state index in [2.05, 4.69) is 31.5 Å². The highest BCUT2D eigenvalue weighted by Gasteiger charge is 2.07. The summed E-state index contributed by atoms with van der Waals surface area (Å²) < 4.78 is 5.12. The van der Waals surface area contributed by atoms with Gasteiger partial charge in [0.2, 0.25) is 0 Å². The minimum absolute atomic E-state index is 0.532. The van der Waals surface area contributed by atoms with Crippen LogP contribution in [0.3, 0.4) is 0 Å². The summed E-state index contributed by atoms with van der Waals surface area (Å²) in [6.07, 6.45) is 5.18. The molecule has 0 aliphatic heterocycles. The zero-order chi connectivity index (χ0) is 10.8. The second kappa shape index (κ2) is 9.81. The van der Waals surface area contributed by atoms with Crippen LogP contribution in [0.4, 0.5) is 0 Å². The molecule has 0 aliphatic carbocycles. The zero-order valence-electron chi connectivity index (χ0n) is 9.83. The van der Waals surface area contributed by atoms with E-state index in [4.69, 9.17) is 4.74 Å². The van der Waals surface area contributed by atoms with E-state index in [1.807, 2.05) is 0 Å². The Hall–Kier alpha value is 0.270. The molecule has 2 nitrogen and oxygen atoms in total. The summed E-state index contributed by atoms with van der Waals surface area (Å²) in [5, 5.41) is 0. The normalized spacial score (nSPS) is 13.5. The van der Waals surface area contributed by atoms with E-state index >= 15 is 0 Å². The standard InChI is InChI=1S/C11H25NOS/c1-11(10-13-3)12(2)8-6-4-5-7-9-14/h11,14H,4-10H2,1-3H3. The largest absolute Gasteiger partial charge is 0.383 e. The van der Waals surface area contributed by atoms with Crippen molar-refractivity contribution < 1.29 is 4.74 Å². The van der Waals surface area contributed by atoms with Gasteiger partial charge in [0, 0.05) is 13.2 Å². The third-order valence-corrected chi connectivity index (χ3v) is 2.90. The molecule has 0 aromatic heterocycles. The van der Waals surface area contributed by atoms with E-state index in [0.717, 1.165) is 12.4 Å². The van der Waals surface area contributed by atoms with Crippen LogP contribution in [0.1, 0.15) is 32.6 Å². The van der Waals surface area contributed by atoms with Gasteiger partial charge in [-0.05, 0) is 39.1 Å². The monoisotopic (exact) mass is 219 g/mol. The van der Waals surface area contributed by atoms with E-state index < -0.39 is 0 Å². The van der Waals surface area contributed by atoms with Crippen LogP contribution in [0.5, 0.6) is 0 Å². The Kier molecular flexibility index (Phi) is 10.0. The number of unbranched alkanes of at least 4 members (excludes halogenated alkanes) is 3. The molecule has 1 atom stereocenters. The highest BCUT2D eigenvalue weighted by Crippen LogP contribution is 2.04. The van der Waals surface area contributed by atoms with Crippen LogP contribution in [-0.2, 0) is 4.74 Å². The predicted molar refractivity (Wildman–Crippen MR) is 66.3 cm³/mol. The van der Waals surface area contributed by atoms with Gasteiger partial charge >= 0.3 is 0 Å². The average Bonchev–Trinajstić information content (AvgIpc) is 2.17. The van der Waals surface area contributed by atoms with Crippen molar-refractivity contribution in [1.29, 1.82) is 0 Å². The van der Waals surface area contributed by atoms with Gasteiger partial charge < -0.3 is 9.64 Å². The minimum atomic E-state index is 0.532. The molecule has 86 valence electrons. The summed E-state index contributed by atoms with van der Waals surface area (Å²) in [6, 6.07) is 0.532. The summed E-state index contributed by atoms with van der Waals surface area (Å²) in [6.45, 7) is 4.21. The molecule has 0 radical (unpaired) electrons. The molecule has 0 saturated carbocycles. The summed E-state index contributed by atoms with van der Waals surface area (Å²) >= 11 is 4.20. The fourth-order valence-electron chi connectivity index (χ4n) is 1.42. The Morgan fingerprint density at radius 2 is 1.86 bits per heavy atom. The molecule has 0 aliphatic rings. The molecule has 0 spiro atoms. The first-order valence-corrected chi connectivity index (χ1v) is 6.15. The topological polar surface area (TPSA) is 12.5 Å². The molecule has 0 aromatic rings. The lowest BCUT2D eigenvalue weighted by Gasteiger charge is -2.23. The number of likely N-dealkylation sites (N-methyl/N-ethyl adjacent to an activating group) is 1. The maximum absolute atomic E-state index is 5.12. The summed E-state index contributed by atoms with van der Waals surface area (Å²) in [5.74, 6) is 1.02. The summed E-state index contributed by atoms with van der Waals surface area (Å²) in [5.41, 5.74) is 0. The number of ether oxygens (including phenoxy) is 1. The van der Waals surface area contributed by atoms with Gasteiger partial charge in [0.05, 0.1) is 6.61 Å². The first-order valence-electron chi connectivity index (χ1n) is 5.52. The lowest BCUT2D eigenvalue weighted by Crippen LogP contribution is -2.33. The van der Waals surface area contributed by atoms with Crippen LogP contribution in [0.15, 0.2) is 0 Å². The zero-order valence-corrected chi connectivity index (χ0v) is 10.7. The van der Waals surface area contributed by atoms with Crippen molar-refractivity contribution in [1.82, 2.24) is 4.90 Å². The number of hydrogen-bond acceptors (Lipinski definition) is 3. The quantitative estimate of drug-likeness (QED) is 0.472. The third kappa shape index (κ3) is 7.65. The smallest absolute Gasteiger partial charge is 0.0615 e. The fraction of sp³-hybridized carbons (Fsp3) is 1.00. The van der Waals surface area contributed by atoms with Crippen molar-refractivity contribution in [2.24, 2.45) is 0 Å². The van der Waals surface area contributed by atoms with Gasteiger partial charge in [-0.3, -0.25) is 0 Å². The highest BCUT2D eigenvalue weighted by atomic mass is 32.1. The Morgan fingerprint density at radius 3 is 2.43 bits per heavy atom. The lowest BCUT2D eigenvalue weighted by molar-refractivity contribution is 0.114. The first-order chi connectivity index (χ1) is 6.72. The number of rotatable bonds is 9. The minimum Gasteiger partial charge on any atom is -0.383 e. The Labute approximate surface area is 94.4 Å². The highest BCUT2D eigenvalue weighted by molar-refractivity contribution is 7.80. The van der Waals surface area contributed by atoms with Crippen molar-refractivity contribution in [3.8, 4) is 0 Å². The van der Waals surface area contributed by atoms with E-state index in [1.165, 1.54) is 32.2 Å². The summed E-state index contributed by atoms with van der Waals surface area (Å²) in [4.78, 5) is 2.37. The van der Waals surface area contributed by atoms with Gasteiger partial charge in [-0.1, -0.05) is 12.8 Å². The van der Waals surface area contributed by atoms with Crippen LogP contribution in [-0.4, -0.2) is 44.0 Å². The lowest BCUT2D eigenvalue weighted by atomic mass is 10.2. The van der Waals surface area contributed by atoms with Crippen molar-refractivity contribution in [2.75, 3.05) is 33.1 Å². The van der Waals surface area contributed by atoms with Gasteiger partial charge in [0.15, 0.2) is 0 Å². The SMILES string of the molecule is COCC(C)N(C)CCCCCCS. The van der Waals surface area contributed by atoms with Gasteiger partial charge in [-0.15, -0.1) is 0 Å². The van der Waals surface area contributed by atoms with Gasteiger partial charge in [0.25, 0.3) is 0 Å². The molecule has 1 unspecified atom stereocenters. The van der Waals surface area contributed by atoms with E-state index in [-0.39, 0.29) is 0 Å². The maximum atomic E-state index is 5.12. The van der Waals surface area contributed by atoms with Crippen LogP contribution in [0.2, 0.25) is 0 Å². The second-order valence-electron chi connectivity index (χ2n) is 3.92. The Balaban J connectivity index is 3.29. The Morgan fingerprint density at radius 1 is 1.21 bits per heavy atom. The predicted octanol–water partition coefficient (Wildman–Crippen LogP) is 2.44. The number of hydrogen-bond donors (Lipinski definition) is 1. The van der Waals surface area contributed by atoms with Gasteiger partial charge in [-0.25, -0.2) is 0 Å². The number of nitrogens with zero attached hydrogens (tertiary/aromatic N) is 1. The second-order valence-corrected chi connectivity index (χ2v) is 4.37. The Bertz CT molecular complexity index is 122. The van der Waals surface area contributed by atoms with Gasteiger partial charge in [-0.2, -0.15) is 12.6 Å². The molecule has 0 aromatic carbocycles. The van der Waals surface area contributed by atoms with E-state index in [9.17, 15) is 0 Å². The summed E-state index contributed by atoms with van der Waals surface area (Å²) in [7, 11) is 3.93. The number of thiol groups is 1. The fourth-order valence-corrected chi connectivity index (χ4v) is 1.64. The van der Waals surface area contributed by atoms with Crippen molar-refractivity contribution in [3.63, 3.8) is 0 Å². The van der Waals surface area contributed by atoms with Crippen LogP contribution >= 0.6 is 12.6 Å².